The molecule has 2 aromatic rings. The van der Waals surface area contributed by atoms with Gasteiger partial charge in [0.1, 0.15) is 11.4 Å². The van der Waals surface area contributed by atoms with E-state index < -0.39 is 7.59 Å². The maximum atomic E-state index is 5.90. The van der Waals surface area contributed by atoms with E-state index in [1.54, 1.807) is 12.1 Å². The highest BCUT2D eigenvalue weighted by atomic mass is 35.6. The number of hydrogen-bond donors (Lipinski definition) is 0. The molecule has 0 aromatic carbocycles. The Hall–Kier alpha value is 0.0300. The number of hydrogen-bond acceptors (Lipinski definition) is 4. The monoisotopic (exact) mass is 379 g/mol. The van der Waals surface area contributed by atoms with Crippen LogP contribution in [0.4, 0.5) is 0 Å². The largest absolute Gasteiger partial charge is 0.463 e. The molecule has 0 spiro atoms. The van der Waals surface area contributed by atoms with Gasteiger partial charge in [-0.2, -0.15) is 0 Å². The second-order valence-electron chi connectivity index (χ2n) is 3.33. The zero-order valence-corrected chi connectivity index (χ0v) is 13.3. The summed E-state index contributed by atoms with van der Waals surface area (Å²) >= 11 is 35.1. The van der Waals surface area contributed by atoms with Gasteiger partial charge in [0.2, 0.25) is 7.59 Å². The highest BCUT2D eigenvalue weighted by molar-refractivity contribution is 6.69. The van der Waals surface area contributed by atoms with E-state index in [0.29, 0.717) is 5.76 Å². The van der Waals surface area contributed by atoms with Crippen LogP contribution < -0.4 is 0 Å². The van der Waals surface area contributed by atoms with Crippen molar-refractivity contribution < 1.29 is 4.42 Å². The summed E-state index contributed by atoms with van der Waals surface area (Å²) in [7, 11) is 0. The molecule has 0 aliphatic carbocycles. The molecule has 0 N–H and O–H groups in total. The molecule has 4 nitrogen and oxygen atoms in total. The van der Waals surface area contributed by atoms with E-state index in [9.17, 15) is 0 Å². The summed E-state index contributed by atoms with van der Waals surface area (Å²) in [6.07, 6.45) is 1.43. The van der Waals surface area contributed by atoms with E-state index in [1.165, 1.54) is 6.26 Å². The average molecular weight is 382 g/mol. The number of rotatable bonds is 1. The number of aromatic nitrogens is 3. The van der Waals surface area contributed by atoms with E-state index in [1.807, 2.05) is 0 Å². The summed E-state index contributed by atoms with van der Waals surface area (Å²) in [5.41, 5.74) is 0.0164. The van der Waals surface area contributed by atoms with Crippen LogP contribution in [0.1, 0.15) is 11.3 Å². The first-order valence-corrected chi connectivity index (χ1v) is 6.89. The molecule has 102 valence electrons. The van der Waals surface area contributed by atoms with Crippen LogP contribution in [0.5, 0.6) is 0 Å². The number of alkyl halides is 6. The maximum absolute atomic E-state index is 5.90. The minimum absolute atomic E-state index is 0.00227. The van der Waals surface area contributed by atoms with Gasteiger partial charge in [0.05, 0.1) is 11.8 Å². The lowest BCUT2D eigenvalue weighted by Crippen LogP contribution is -2.18. The van der Waals surface area contributed by atoms with Crippen molar-refractivity contribution in [2.75, 3.05) is 0 Å². The minimum atomic E-state index is -1.92. The van der Waals surface area contributed by atoms with E-state index in [2.05, 4.69) is 15.4 Å². The molecule has 2 heterocycles. The second-order valence-corrected chi connectivity index (χ2v) is 7.90. The molecule has 0 unspecified atom stereocenters. The highest BCUT2D eigenvalue weighted by Gasteiger charge is 2.40. The van der Waals surface area contributed by atoms with Crippen LogP contribution in [0.15, 0.2) is 22.8 Å². The van der Waals surface area contributed by atoms with E-state index in [-0.39, 0.29) is 17.0 Å². The molecule has 10 heteroatoms. The number of furan rings is 1. The van der Waals surface area contributed by atoms with E-state index in [4.69, 9.17) is 74.0 Å². The van der Waals surface area contributed by atoms with Crippen LogP contribution in [-0.4, -0.2) is 15.4 Å². The van der Waals surface area contributed by atoms with Crippen molar-refractivity contribution in [1.29, 1.82) is 0 Å². The average Bonchev–Trinajstić information content (AvgIpc) is 2.79. The summed E-state index contributed by atoms with van der Waals surface area (Å²) < 4.78 is 1.36. The Bertz CT molecular complexity index is 575. The van der Waals surface area contributed by atoms with Gasteiger partial charge in [-0.05, 0) is 17.3 Å². The first-order chi connectivity index (χ1) is 8.71. The van der Waals surface area contributed by atoms with Crippen LogP contribution in [0.25, 0.3) is 11.5 Å². The van der Waals surface area contributed by atoms with Crippen molar-refractivity contribution in [3.8, 4) is 11.5 Å². The summed E-state index contributed by atoms with van der Waals surface area (Å²) in [4.78, 5) is 0. The Morgan fingerprint density at radius 1 is 0.947 bits per heavy atom. The van der Waals surface area contributed by atoms with Gasteiger partial charge in [0.25, 0.3) is 0 Å². The lowest BCUT2D eigenvalue weighted by molar-refractivity contribution is 0.575. The van der Waals surface area contributed by atoms with Gasteiger partial charge in [0.15, 0.2) is 5.76 Å². The van der Waals surface area contributed by atoms with Gasteiger partial charge in [-0.15, -0.1) is 10.2 Å². The third-order valence-electron chi connectivity index (χ3n) is 2.07. The molecule has 0 aliphatic rings. The van der Waals surface area contributed by atoms with Crippen LogP contribution in [0, 0.1) is 0 Å². The number of halogens is 6. The van der Waals surface area contributed by atoms with E-state index in [0.717, 1.165) is 0 Å². The molecule has 0 saturated carbocycles. The summed E-state index contributed by atoms with van der Waals surface area (Å²) in [5, 5.41) is 10.9. The minimum Gasteiger partial charge on any atom is -0.463 e. The first kappa shape index (κ1) is 15.4. The molecule has 0 radical (unpaired) electrons. The molecular formula is C9H3Cl6N3O. The molecule has 0 atom stereocenters. The standard InChI is InChI=1S/C9H3Cl6N3O/c10-8(11,12)5-6(4-2-1-3-19-4)16-18-17-7(5)9(13,14)15/h1-3H. The van der Waals surface area contributed by atoms with Crippen LogP contribution in [0.2, 0.25) is 0 Å². The van der Waals surface area contributed by atoms with Crippen LogP contribution in [0.3, 0.4) is 0 Å². The third-order valence-corrected chi connectivity index (χ3v) is 3.17. The molecule has 0 saturated heterocycles. The summed E-state index contributed by atoms with van der Waals surface area (Å²) in [6.45, 7) is 0. The SMILES string of the molecule is ClC(Cl)(Cl)c1nnnc(-c2ccco2)c1C(Cl)(Cl)Cl. The van der Waals surface area contributed by atoms with E-state index >= 15 is 0 Å². The number of nitrogens with zero attached hydrogens (tertiary/aromatic N) is 3. The van der Waals surface area contributed by atoms with Crippen molar-refractivity contribution >= 4 is 69.6 Å². The van der Waals surface area contributed by atoms with Crippen LogP contribution >= 0.6 is 69.6 Å². The first-order valence-electron chi connectivity index (χ1n) is 4.63. The topological polar surface area (TPSA) is 51.8 Å². The molecule has 0 bridgehead atoms. The summed E-state index contributed by atoms with van der Waals surface area (Å²) in [5.74, 6) is 0.312. The maximum Gasteiger partial charge on any atom is 0.234 e. The molecule has 2 aromatic heterocycles. The van der Waals surface area contributed by atoms with Gasteiger partial charge in [-0.3, -0.25) is 0 Å². The van der Waals surface area contributed by atoms with Gasteiger partial charge >= 0.3 is 0 Å². The fraction of sp³-hybridized carbons (Fsp3) is 0.222. The molecule has 0 fully saturated rings. The second kappa shape index (κ2) is 5.43. The zero-order valence-electron chi connectivity index (χ0n) is 8.75. The van der Waals surface area contributed by atoms with Gasteiger partial charge < -0.3 is 4.42 Å². The lowest BCUT2D eigenvalue weighted by atomic mass is 10.1. The van der Waals surface area contributed by atoms with Gasteiger partial charge in [-0.25, -0.2) is 0 Å². The zero-order chi connectivity index (χ0) is 14.3. The Balaban J connectivity index is 2.76. The molecule has 0 aliphatic heterocycles. The fourth-order valence-corrected chi connectivity index (χ4v) is 2.31. The Morgan fingerprint density at radius 3 is 2.11 bits per heavy atom. The van der Waals surface area contributed by atoms with Crippen molar-refractivity contribution in [1.82, 2.24) is 15.4 Å². The Kier molecular flexibility index (Phi) is 4.41. The highest BCUT2D eigenvalue weighted by Crippen LogP contribution is 2.49. The predicted molar refractivity (Wildman–Crippen MR) is 76.0 cm³/mol. The molecule has 2 rings (SSSR count). The smallest absolute Gasteiger partial charge is 0.234 e. The Morgan fingerprint density at radius 2 is 1.63 bits per heavy atom. The van der Waals surface area contributed by atoms with Crippen molar-refractivity contribution in [2.45, 2.75) is 7.59 Å². The molecular weight excluding hydrogens is 379 g/mol. The van der Waals surface area contributed by atoms with Gasteiger partial charge in [-0.1, -0.05) is 69.6 Å². The summed E-state index contributed by atoms with van der Waals surface area (Å²) in [6, 6.07) is 3.24. The van der Waals surface area contributed by atoms with Gasteiger partial charge in [0, 0.05) is 0 Å². The van der Waals surface area contributed by atoms with Crippen molar-refractivity contribution in [2.24, 2.45) is 0 Å². The molecule has 19 heavy (non-hydrogen) atoms. The lowest BCUT2D eigenvalue weighted by Gasteiger charge is -2.20. The normalized spacial score (nSPS) is 12.7. The quantitative estimate of drug-likeness (QED) is 0.667. The van der Waals surface area contributed by atoms with Crippen molar-refractivity contribution in [3.05, 3.63) is 29.7 Å². The predicted octanol–water partition coefficient (Wildman–Crippen LogP) is 4.79. The third kappa shape index (κ3) is 3.38. The fourth-order valence-electron chi connectivity index (χ4n) is 1.38. The van der Waals surface area contributed by atoms with Crippen LogP contribution in [-0.2, 0) is 7.59 Å². The molecule has 0 amide bonds. The van der Waals surface area contributed by atoms with Crippen molar-refractivity contribution in [3.63, 3.8) is 0 Å². The Labute approximate surface area is 137 Å².